The van der Waals surface area contributed by atoms with Crippen LogP contribution in [0.3, 0.4) is 0 Å². The van der Waals surface area contributed by atoms with Crippen LogP contribution >= 0.6 is 0 Å². The van der Waals surface area contributed by atoms with Gasteiger partial charge < -0.3 is 15.1 Å². The summed E-state index contributed by atoms with van der Waals surface area (Å²) in [5.41, 5.74) is 7.92. The molecule has 7 heteroatoms. The van der Waals surface area contributed by atoms with Gasteiger partial charge in [-0.15, -0.1) is 0 Å². The summed E-state index contributed by atoms with van der Waals surface area (Å²) in [5, 5.41) is 6.78. The fraction of sp³-hybridized carbons (Fsp3) is 0.148. The Bertz CT molecular complexity index is 1470. The summed E-state index contributed by atoms with van der Waals surface area (Å²) in [7, 11) is 0. The number of nitrogens with one attached hydrogen (secondary N) is 2. The predicted octanol–water partition coefficient (Wildman–Crippen LogP) is 6.60. The molecular weight excluding hydrogens is 429 g/mol. The number of rotatable bonds is 5. The quantitative estimate of drug-likeness (QED) is 0.314. The van der Waals surface area contributed by atoms with E-state index in [1.165, 1.54) is 0 Å². The van der Waals surface area contributed by atoms with Crippen molar-refractivity contribution in [1.29, 1.82) is 0 Å². The van der Waals surface area contributed by atoms with Crippen LogP contribution in [0.4, 0.5) is 27.1 Å². The van der Waals surface area contributed by atoms with E-state index in [1.54, 1.807) is 18.6 Å². The molecule has 0 spiro atoms. The molecule has 0 saturated carbocycles. The smallest absolute Gasteiger partial charge is 0.227 e. The van der Waals surface area contributed by atoms with E-state index in [0.717, 1.165) is 45.1 Å². The first-order chi connectivity index (χ1) is 16.7. The van der Waals surface area contributed by atoms with Crippen LogP contribution in [0.1, 0.15) is 17.7 Å². The highest BCUT2D eigenvalue weighted by atomic mass is 19.1. The number of nitrogens with zero attached hydrogens (tertiary/aromatic N) is 3. The zero-order chi connectivity index (χ0) is 22.9. The van der Waals surface area contributed by atoms with Gasteiger partial charge in [-0.2, -0.15) is 0 Å². The van der Waals surface area contributed by atoms with Gasteiger partial charge in [0, 0.05) is 65.1 Å². The summed E-state index contributed by atoms with van der Waals surface area (Å²) in [6.45, 7) is 0. The lowest BCUT2D eigenvalue weighted by atomic mass is 9.93. The van der Waals surface area contributed by atoms with Gasteiger partial charge >= 0.3 is 0 Å². The lowest BCUT2D eigenvalue weighted by Crippen LogP contribution is -2.17. The standard InChI is InChI=1S/C27H22FN5O/c28-18-4-6-23-22(15-18)24(10-13-30-23)32-20-3-1-2-17(14-20)27-33-25-7-5-21(16-26(25)34-27)31-19-8-11-29-12-9-19/h1-3,5,7-14,16,18H,4,6,15H2,(H,29,31)(H,30,32). The van der Waals surface area contributed by atoms with E-state index in [4.69, 9.17) is 4.42 Å². The molecule has 0 saturated heterocycles. The molecule has 3 heterocycles. The number of benzene rings is 2. The monoisotopic (exact) mass is 451 g/mol. The van der Waals surface area contributed by atoms with Gasteiger partial charge in [0.2, 0.25) is 5.89 Å². The van der Waals surface area contributed by atoms with Gasteiger partial charge in [0.15, 0.2) is 5.58 Å². The SMILES string of the molecule is FC1CCc2nccc(Nc3cccc(-c4nc5ccc(Nc6ccncc6)cc5o4)c3)c2C1. The molecule has 1 atom stereocenters. The normalized spacial score (nSPS) is 15.1. The topological polar surface area (TPSA) is 75.9 Å². The second-order valence-corrected chi connectivity index (χ2v) is 8.39. The van der Waals surface area contributed by atoms with Gasteiger partial charge in [-0.05, 0) is 66.9 Å². The summed E-state index contributed by atoms with van der Waals surface area (Å²) in [6, 6.07) is 19.4. The van der Waals surface area contributed by atoms with Crippen LogP contribution in [0, 0.1) is 0 Å². The lowest BCUT2D eigenvalue weighted by molar-refractivity contribution is 0.300. The molecule has 34 heavy (non-hydrogen) atoms. The van der Waals surface area contributed by atoms with Crippen LogP contribution in [0.2, 0.25) is 0 Å². The Morgan fingerprint density at radius 2 is 1.76 bits per heavy atom. The Hall–Kier alpha value is -4.26. The molecule has 0 amide bonds. The van der Waals surface area contributed by atoms with Crippen LogP contribution in [0.15, 0.2) is 83.7 Å². The Morgan fingerprint density at radius 3 is 2.68 bits per heavy atom. The van der Waals surface area contributed by atoms with E-state index in [9.17, 15) is 4.39 Å². The highest BCUT2D eigenvalue weighted by Crippen LogP contribution is 2.32. The molecule has 0 bridgehead atoms. The molecule has 6 rings (SSSR count). The number of hydrogen-bond acceptors (Lipinski definition) is 6. The van der Waals surface area contributed by atoms with Gasteiger partial charge in [0.25, 0.3) is 0 Å². The number of aromatic nitrogens is 3. The van der Waals surface area contributed by atoms with Gasteiger partial charge in [0.05, 0.1) is 0 Å². The van der Waals surface area contributed by atoms with Gasteiger partial charge in [-0.3, -0.25) is 9.97 Å². The first-order valence-corrected chi connectivity index (χ1v) is 11.3. The maximum absolute atomic E-state index is 14.0. The van der Waals surface area contributed by atoms with Crippen LogP contribution in [0.25, 0.3) is 22.6 Å². The fourth-order valence-corrected chi connectivity index (χ4v) is 4.33. The third kappa shape index (κ3) is 4.08. The number of fused-ring (bicyclic) bond motifs is 2. The Kier molecular flexibility index (Phi) is 5.14. The Labute approximate surface area is 195 Å². The Balaban J connectivity index is 1.27. The number of oxazole rings is 1. The van der Waals surface area contributed by atoms with Crippen molar-refractivity contribution in [2.75, 3.05) is 10.6 Å². The molecule has 3 aromatic heterocycles. The predicted molar refractivity (Wildman–Crippen MR) is 131 cm³/mol. The molecule has 6 nitrogen and oxygen atoms in total. The maximum atomic E-state index is 14.0. The van der Waals surface area contributed by atoms with E-state index in [0.29, 0.717) is 30.7 Å². The van der Waals surface area contributed by atoms with Crippen molar-refractivity contribution in [3.63, 3.8) is 0 Å². The first kappa shape index (κ1) is 20.4. The molecule has 168 valence electrons. The molecule has 1 aliphatic carbocycles. The highest BCUT2D eigenvalue weighted by Gasteiger charge is 2.21. The summed E-state index contributed by atoms with van der Waals surface area (Å²) < 4.78 is 20.1. The third-order valence-electron chi connectivity index (χ3n) is 6.01. The zero-order valence-corrected chi connectivity index (χ0v) is 18.3. The van der Waals surface area contributed by atoms with E-state index in [-0.39, 0.29) is 0 Å². The van der Waals surface area contributed by atoms with E-state index >= 15 is 0 Å². The van der Waals surface area contributed by atoms with Gasteiger partial charge in [-0.1, -0.05) is 6.07 Å². The summed E-state index contributed by atoms with van der Waals surface area (Å²) >= 11 is 0. The van der Waals surface area contributed by atoms with E-state index in [2.05, 4.69) is 25.6 Å². The van der Waals surface area contributed by atoms with Crippen molar-refractivity contribution in [3.05, 3.63) is 90.5 Å². The fourth-order valence-electron chi connectivity index (χ4n) is 4.33. The van der Waals surface area contributed by atoms with Crippen LogP contribution < -0.4 is 10.6 Å². The second-order valence-electron chi connectivity index (χ2n) is 8.39. The van der Waals surface area contributed by atoms with E-state index < -0.39 is 6.17 Å². The zero-order valence-electron chi connectivity index (χ0n) is 18.3. The van der Waals surface area contributed by atoms with Crippen molar-refractivity contribution in [2.45, 2.75) is 25.4 Å². The summed E-state index contributed by atoms with van der Waals surface area (Å²) in [5.74, 6) is 0.542. The van der Waals surface area contributed by atoms with Crippen LogP contribution in [0.5, 0.6) is 0 Å². The molecule has 0 aliphatic heterocycles. The average Bonchev–Trinajstić information content (AvgIpc) is 3.29. The molecule has 0 fully saturated rings. The number of aryl methyl sites for hydroxylation is 1. The molecule has 5 aromatic rings. The second kappa shape index (κ2) is 8.59. The molecule has 2 aromatic carbocycles. The number of hydrogen-bond donors (Lipinski definition) is 2. The lowest BCUT2D eigenvalue weighted by Gasteiger charge is -2.21. The summed E-state index contributed by atoms with van der Waals surface area (Å²) in [6.07, 6.45) is 6.05. The number of alkyl halides is 1. The van der Waals surface area contributed by atoms with Gasteiger partial charge in [-0.25, -0.2) is 9.37 Å². The van der Waals surface area contributed by atoms with Crippen molar-refractivity contribution in [1.82, 2.24) is 15.0 Å². The number of halogens is 1. The molecule has 1 aliphatic rings. The van der Waals surface area contributed by atoms with E-state index in [1.807, 2.05) is 60.7 Å². The Morgan fingerprint density at radius 1 is 0.882 bits per heavy atom. The van der Waals surface area contributed by atoms with Crippen molar-refractivity contribution in [3.8, 4) is 11.5 Å². The minimum Gasteiger partial charge on any atom is -0.436 e. The van der Waals surface area contributed by atoms with Crippen molar-refractivity contribution < 1.29 is 8.81 Å². The van der Waals surface area contributed by atoms with Crippen LogP contribution in [-0.2, 0) is 12.8 Å². The minimum absolute atomic E-state index is 0.395. The summed E-state index contributed by atoms with van der Waals surface area (Å²) in [4.78, 5) is 13.1. The van der Waals surface area contributed by atoms with Crippen LogP contribution in [-0.4, -0.2) is 21.1 Å². The number of pyridine rings is 2. The highest BCUT2D eigenvalue weighted by molar-refractivity contribution is 5.81. The van der Waals surface area contributed by atoms with Crippen molar-refractivity contribution in [2.24, 2.45) is 0 Å². The minimum atomic E-state index is -0.818. The van der Waals surface area contributed by atoms with Gasteiger partial charge in [0.1, 0.15) is 11.7 Å². The molecule has 2 N–H and O–H groups in total. The largest absolute Gasteiger partial charge is 0.436 e. The number of anilines is 4. The molecule has 1 unspecified atom stereocenters. The molecule has 0 radical (unpaired) electrons. The molecular formula is C27H22FN5O. The third-order valence-corrected chi connectivity index (χ3v) is 6.01. The maximum Gasteiger partial charge on any atom is 0.227 e. The first-order valence-electron chi connectivity index (χ1n) is 11.3. The average molecular weight is 452 g/mol. The van der Waals surface area contributed by atoms with Crippen molar-refractivity contribution >= 4 is 33.8 Å².